The molecule has 1 unspecified atom stereocenters. The third-order valence-electron chi connectivity index (χ3n) is 1.93. The maximum absolute atomic E-state index is 11.8. The minimum absolute atomic E-state index is 0.266. The van der Waals surface area contributed by atoms with Crippen molar-refractivity contribution in [2.45, 2.75) is 0 Å². The van der Waals surface area contributed by atoms with Gasteiger partial charge in [-0.25, -0.2) is 9.00 Å². The zero-order chi connectivity index (χ0) is 14.7. The first-order valence-electron chi connectivity index (χ1n) is 5.27. The summed E-state index contributed by atoms with van der Waals surface area (Å²) < 4.78 is 28.0. The summed E-state index contributed by atoms with van der Waals surface area (Å²) in [5, 5.41) is 4.59. The van der Waals surface area contributed by atoms with Crippen LogP contribution >= 0.6 is 15.9 Å². The molecule has 1 aromatic heterocycles. The number of nitrogens with zero attached hydrogens (tertiary/aromatic N) is 3. The van der Waals surface area contributed by atoms with Crippen LogP contribution in [0.25, 0.3) is 0 Å². The minimum Gasteiger partial charge on any atom is -0.423 e. The summed E-state index contributed by atoms with van der Waals surface area (Å²) in [5.41, 5.74) is 0. The fourth-order valence-electron chi connectivity index (χ4n) is 1.18. The van der Waals surface area contributed by atoms with Gasteiger partial charge in [0.2, 0.25) is 0 Å². The van der Waals surface area contributed by atoms with Crippen LogP contribution in [0.5, 0.6) is 11.8 Å². The first-order chi connectivity index (χ1) is 9.47. The van der Waals surface area contributed by atoms with Crippen LogP contribution in [0.15, 0.2) is 38.1 Å². The Labute approximate surface area is 124 Å². The van der Waals surface area contributed by atoms with E-state index < -0.39 is 17.0 Å². The summed E-state index contributed by atoms with van der Waals surface area (Å²) in [6.07, 6.45) is 0. The van der Waals surface area contributed by atoms with E-state index in [9.17, 15) is 9.00 Å². The average molecular weight is 364 g/mol. The van der Waals surface area contributed by atoms with Crippen LogP contribution in [0.3, 0.4) is 0 Å². The maximum Gasteiger partial charge on any atom is 0.458 e. The number of aromatic nitrogens is 2. The summed E-state index contributed by atoms with van der Waals surface area (Å²) in [6.45, 7) is 0. The third-order valence-corrected chi connectivity index (χ3v) is 3.48. The predicted octanol–water partition coefficient (Wildman–Crippen LogP) is 1.31. The monoisotopic (exact) mass is 363 g/mol. The lowest BCUT2D eigenvalue weighted by Gasteiger charge is -2.09. The van der Waals surface area contributed by atoms with E-state index in [-0.39, 0.29) is 6.01 Å². The molecule has 0 saturated heterocycles. The number of benzene rings is 1. The molecule has 0 saturated carbocycles. The molecule has 0 bridgehead atoms. The topological polar surface area (TPSA) is 86.8 Å². The molecule has 0 N–H and O–H groups in total. The van der Waals surface area contributed by atoms with E-state index in [0.717, 1.165) is 4.47 Å². The first-order valence-corrected chi connectivity index (χ1v) is 7.10. The molecule has 1 atom stereocenters. The number of halogens is 1. The van der Waals surface area contributed by atoms with Crippen molar-refractivity contribution in [3.8, 4) is 11.8 Å². The van der Waals surface area contributed by atoms with E-state index >= 15 is 0 Å². The van der Waals surface area contributed by atoms with E-state index in [2.05, 4.69) is 25.6 Å². The smallest absolute Gasteiger partial charge is 0.423 e. The highest BCUT2D eigenvalue weighted by molar-refractivity contribution is 9.10. The molecule has 8 nitrogen and oxygen atoms in total. The van der Waals surface area contributed by atoms with Gasteiger partial charge in [0.25, 0.3) is 11.3 Å². The number of rotatable bonds is 5. The second-order valence-corrected chi connectivity index (χ2v) is 5.55. The first kappa shape index (κ1) is 14.9. The summed E-state index contributed by atoms with van der Waals surface area (Å²) in [5.74, 6) is -0.547. The Morgan fingerprint density at radius 3 is 2.60 bits per heavy atom. The minimum atomic E-state index is -2.14. The lowest BCUT2D eigenvalue weighted by molar-refractivity contribution is 0.0119. The van der Waals surface area contributed by atoms with Crippen molar-refractivity contribution in [3.63, 3.8) is 0 Å². The van der Waals surface area contributed by atoms with Gasteiger partial charge in [-0.2, -0.15) is 9.35 Å². The van der Waals surface area contributed by atoms with Crippen molar-refractivity contribution >= 4 is 27.2 Å². The van der Waals surface area contributed by atoms with Crippen LogP contribution in [0.2, 0.25) is 0 Å². The normalized spacial score (nSPS) is 12.6. The second-order valence-electron chi connectivity index (χ2n) is 3.69. The number of hydrogen-bond donors (Lipinski definition) is 0. The molecule has 0 aliphatic rings. The van der Waals surface area contributed by atoms with Gasteiger partial charge in [0.1, 0.15) is 5.75 Å². The molecule has 1 heterocycles. The zero-order valence-electron chi connectivity index (χ0n) is 10.5. The van der Waals surface area contributed by atoms with E-state index in [0.29, 0.717) is 9.72 Å². The van der Waals surface area contributed by atoms with Crippen molar-refractivity contribution in [1.29, 1.82) is 0 Å². The summed E-state index contributed by atoms with van der Waals surface area (Å²) in [7, 11) is 3.04. The molecule has 2 rings (SSSR count). The largest absolute Gasteiger partial charge is 0.458 e. The summed E-state index contributed by atoms with van der Waals surface area (Å²) >= 11 is 1.14. The molecule has 0 aliphatic carbocycles. The van der Waals surface area contributed by atoms with Crippen LogP contribution in [0.1, 0.15) is 0 Å². The Hall–Kier alpha value is -1.49. The summed E-state index contributed by atoms with van der Waals surface area (Å²) in [6, 6.07) is 6.50. The van der Waals surface area contributed by atoms with Crippen molar-refractivity contribution < 1.29 is 17.8 Å². The Morgan fingerprint density at radius 1 is 1.35 bits per heavy atom. The standard InChI is InChI=1S/C10H10BrN3O5S/c1-13(2)19-20(16)14-9(12-18-10(14)15)17-8-5-3-7(11)4-6-8/h3-6H,1-2H3. The van der Waals surface area contributed by atoms with Crippen LogP contribution < -0.4 is 10.5 Å². The third kappa shape index (κ3) is 3.54. The van der Waals surface area contributed by atoms with Gasteiger partial charge in [-0.15, -0.1) is 3.97 Å². The van der Waals surface area contributed by atoms with Crippen molar-refractivity contribution in [2.75, 3.05) is 14.1 Å². The molecule has 108 valence electrons. The highest BCUT2D eigenvalue weighted by Crippen LogP contribution is 2.21. The average Bonchev–Trinajstić information content (AvgIpc) is 2.72. The van der Waals surface area contributed by atoms with Gasteiger partial charge in [0, 0.05) is 18.6 Å². The lowest BCUT2D eigenvalue weighted by atomic mass is 10.3. The molecule has 0 spiro atoms. The predicted molar refractivity (Wildman–Crippen MR) is 73.3 cm³/mol. The van der Waals surface area contributed by atoms with Crippen LogP contribution in [0, 0.1) is 0 Å². The lowest BCUT2D eigenvalue weighted by Crippen LogP contribution is -2.25. The molecule has 0 amide bonds. The number of hydrogen-bond acceptors (Lipinski definition) is 7. The Balaban J connectivity index is 2.27. The van der Waals surface area contributed by atoms with E-state index in [1.54, 1.807) is 24.3 Å². The fourth-order valence-corrected chi connectivity index (χ4v) is 2.12. The van der Waals surface area contributed by atoms with Crippen LogP contribution in [-0.2, 0) is 15.6 Å². The van der Waals surface area contributed by atoms with Crippen molar-refractivity contribution in [2.24, 2.45) is 0 Å². The van der Waals surface area contributed by atoms with Crippen molar-refractivity contribution in [3.05, 3.63) is 39.3 Å². The number of hydroxylamine groups is 2. The van der Waals surface area contributed by atoms with Gasteiger partial charge in [-0.1, -0.05) is 15.9 Å². The Kier molecular flexibility index (Phi) is 4.70. The molecule has 2 aromatic rings. The molecular formula is C10H10BrN3O5S. The fraction of sp³-hybridized carbons (Fsp3) is 0.200. The molecule has 10 heteroatoms. The van der Waals surface area contributed by atoms with E-state index in [1.807, 2.05) is 0 Å². The van der Waals surface area contributed by atoms with E-state index in [4.69, 9.17) is 9.02 Å². The van der Waals surface area contributed by atoms with Gasteiger partial charge in [-0.05, 0) is 29.4 Å². The SMILES string of the molecule is CN(C)OS(=O)n1c(Oc2ccc(Br)cc2)noc1=O. The van der Waals surface area contributed by atoms with Crippen molar-refractivity contribution in [1.82, 2.24) is 14.2 Å². The Bertz CT molecular complexity index is 666. The van der Waals surface area contributed by atoms with E-state index in [1.165, 1.54) is 19.2 Å². The van der Waals surface area contributed by atoms with Crippen LogP contribution in [-0.4, -0.2) is 32.5 Å². The number of ether oxygens (including phenoxy) is 1. The highest BCUT2D eigenvalue weighted by atomic mass is 79.9. The van der Waals surface area contributed by atoms with Gasteiger partial charge < -0.3 is 4.74 Å². The molecular weight excluding hydrogens is 354 g/mol. The second kappa shape index (κ2) is 6.31. The molecule has 0 aliphatic heterocycles. The van der Waals surface area contributed by atoms with Crippen LogP contribution in [0.4, 0.5) is 0 Å². The van der Waals surface area contributed by atoms with Gasteiger partial charge >= 0.3 is 11.8 Å². The van der Waals surface area contributed by atoms with Gasteiger partial charge in [0.15, 0.2) is 0 Å². The maximum atomic E-state index is 11.8. The summed E-state index contributed by atoms with van der Waals surface area (Å²) in [4.78, 5) is 11.5. The quantitative estimate of drug-likeness (QED) is 0.740. The molecule has 0 fully saturated rings. The molecule has 20 heavy (non-hydrogen) atoms. The molecule has 1 aromatic carbocycles. The Morgan fingerprint density at radius 2 is 2.00 bits per heavy atom. The van der Waals surface area contributed by atoms with Gasteiger partial charge in [0.05, 0.1) is 0 Å². The van der Waals surface area contributed by atoms with Gasteiger partial charge in [-0.3, -0.25) is 4.52 Å². The highest BCUT2D eigenvalue weighted by Gasteiger charge is 2.20. The molecule has 0 radical (unpaired) electrons. The zero-order valence-corrected chi connectivity index (χ0v) is 12.9.